The minimum absolute atomic E-state index is 0.902. The van der Waals surface area contributed by atoms with E-state index in [-0.39, 0.29) is 0 Å². The fourth-order valence-electron chi connectivity index (χ4n) is 3.55. The lowest BCUT2D eigenvalue weighted by Crippen LogP contribution is -2.34. The maximum atomic E-state index is 4.65. The number of pyridine rings is 1. The largest absolute Gasteiger partial charge is 0.320 e. The Morgan fingerprint density at radius 3 is 2.77 bits per heavy atom. The van der Waals surface area contributed by atoms with Gasteiger partial charge in [-0.15, -0.1) is 0 Å². The number of hydrogen-bond acceptors (Lipinski definition) is 3. The van der Waals surface area contributed by atoms with Crippen LogP contribution in [0.25, 0.3) is 10.9 Å². The van der Waals surface area contributed by atoms with Crippen molar-refractivity contribution >= 4 is 10.9 Å². The fourth-order valence-corrected chi connectivity index (χ4v) is 3.55. The summed E-state index contributed by atoms with van der Waals surface area (Å²) in [5.74, 6) is 0.902. The van der Waals surface area contributed by atoms with Crippen LogP contribution >= 0.6 is 0 Å². The zero-order valence-electron chi connectivity index (χ0n) is 13.8. The maximum Gasteiger partial charge on any atom is 0.0708 e. The summed E-state index contributed by atoms with van der Waals surface area (Å²) in [6, 6.07) is 10.8. The molecule has 0 radical (unpaired) electrons. The number of piperidine rings is 1. The van der Waals surface area contributed by atoms with E-state index in [0.29, 0.717) is 0 Å². The molecule has 1 aromatic heterocycles. The Morgan fingerprint density at radius 1 is 1.23 bits per heavy atom. The van der Waals surface area contributed by atoms with Crippen LogP contribution in [0.2, 0.25) is 0 Å². The third-order valence-electron chi connectivity index (χ3n) is 4.83. The highest BCUT2D eigenvalue weighted by Crippen LogP contribution is 2.24. The van der Waals surface area contributed by atoms with Gasteiger partial charge < -0.3 is 5.32 Å². The number of aryl methyl sites for hydroxylation is 1. The van der Waals surface area contributed by atoms with E-state index in [1.165, 1.54) is 43.3 Å². The molecule has 1 aromatic carbocycles. The van der Waals surface area contributed by atoms with Gasteiger partial charge in [0, 0.05) is 17.6 Å². The first-order chi connectivity index (χ1) is 10.8. The predicted molar refractivity (Wildman–Crippen MR) is 93.0 cm³/mol. The highest BCUT2D eigenvalue weighted by Gasteiger charge is 2.19. The van der Waals surface area contributed by atoms with Crippen molar-refractivity contribution in [3.8, 4) is 0 Å². The second-order valence-electron chi connectivity index (χ2n) is 6.55. The van der Waals surface area contributed by atoms with Gasteiger partial charge in [-0.05, 0) is 76.5 Å². The first-order valence-electron chi connectivity index (χ1n) is 8.48. The van der Waals surface area contributed by atoms with E-state index in [4.69, 9.17) is 0 Å². The molecule has 2 heterocycles. The minimum atomic E-state index is 0.902. The van der Waals surface area contributed by atoms with Gasteiger partial charge in [-0.1, -0.05) is 18.2 Å². The van der Waals surface area contributed by atoms with Gasteiger partial charge in [-0.25, -0.2) is 0 Å². The molecule has 0 saturated carbocycles. The summed E-state index contributed by atoms with van der Waals surface area (Å²) in [4.78, 5) is 7.26. The first kappa shape index (κ1) is 15.4. The van der Waals surface area contributed by atoms with E-state index < -0.39 is 0 Å². The van der Waals surface area contributed by atoms with Crippen LogP contribution in [0.4, 0.5) is 0 Å². The van der Waals surface area contributed by atoms with E-state index in [0.717, 1.165) is 30.2 Å². The summed E-state index contributed by atoms with van der Waals surface area (Å²) in [6.07, 6.45) is 4.00. The van der Waals surface area contributed by atoms with Crippen molar-refractivity contribution in [2.45, 2.75) is 32.7 Å². The van der Waals surface area contributed by atoms with Crippen LogP contribution in [0.5, 0.6) is 0 Å². The molecule has 1 saturated heterocycles. The molecule has 22 heavy (non-hydrogen) atoms. The summed E-state index contributed by atoms with van der Waals surface area (Å²) >= 11 is 0. The second kappa shape index (κ2) is 7.21. The number of hydrogen-bond donors (Lipinski definition) is 1. The van der Waals surface area contributed by atoms with E-state index in [1.807, 2.05) is 7.05 Å². The van der Waals surface area contributed by atoms with Crippen LogP contribution in [-0.2, 0) is 6.54 Å². The predicted octanol–water partition coefficient (Wildman–Crippen LogP) is 3.36. The van der Waals surface area contributed by atoms with Crippen LogP contribution in [0, 0.1) is 12.8 Å². The number of aromatic nitrogens is 1. The van der Waals surface area contributed by atoms with E-state index in [1.54, 1.807) is 0 Å². The summed E-state index contributed by atoms with van der Waals surface area (Å²) < 4.78 is 0. The number of nitrogens with one attached hydrogen (secondary N) is 1. The molecule has 118 valence electrons. The average Bonchev–Trinajstić information content (AvgIpc) is 2.54. The van der Waals surface area contributed by atoms with Crippen LogP contribution in [0.15, 0.2) is 30.3 Å². The molecule has 3 nitrogen and oxygen atoms in total. The standard InChI is InChI=1S/C19H27N3/c1-15-13-17(18-5-3-4-6-19(18)21-15)14-22-11-8-16(9-12-22)7-10-20-2/h3-6,13,16,20H,7-12,14H2,1-2H3. The molecule has 2 aromatic rings. The summed E-state index contributed by atoms with van der Waals surface area (Å²) in [6.45, 7) is 6.76. The molecule has 0 unspecified atom stereocenters. The highest BCUT2D eigenvalue weighted by atomic mass is 15.1. The molecule has 3 rings (SSSR count). The molecule has 0 aliphatic carbocycles. The number of nitrogens with zero attached hydrogens (tertiary/aromatic N) is 2. The molecule has 1 aliphatic rings. The van der Waals surface area contributed by atoms with Gasteiger partial charge in [0.2, 0.25) is 0 Å². The quantitative estimate of drug-likeness (QED) is 0.917. The smallest absolute Gasteiger partial charge is 0.0708 e. The number of rotatable bonds is 5. The highest BCUT2D eigenvalue weighted by molar-refractivity contribution is 5.82. The Balaban J connectivity index is 1.67. The third-order valence-corrected chi connectivity index (χ3v) is 4.83. The topological polar surface area (TPSA) is 28.2 Å². The van der Waals surface area contributed by atoms with E-state index in [2.05, 4.69) is 52.5 Å². The molecular formula is C19H27N3. The molecule has 0 bridgehead atoms. The minimum Gasteiger partial charge on any atom is -0.320 e. The zero-order valence-corrected chi connectivity index (χ0v) is 13.8. The van der Waals surface area contributed by atoms with Crippen LogP contribution in [-0.4, -0.2) is 36.6 Å². The maximum absolute atomic E-state index is 4.65. The Hall–Kier alpha value is -1.45. The van der Waals surface area contributed by atoms with Gasteiger partial charge in [-0.3, -0.25) is 9.88 Å². The Labute approximate surface area is 133 Å². The molecule has 0 spiro atoms. The lowest BCUT2D eigenvalue weighted by atomic mass is 9.93. The number of fused-ring (bicyclic) bond motifs is 1. The zero-order chi connectivity index (χ0) is 15.4. The monoisotopic (exact) mass is 297 g/mol. The number of likely N-dealkylation sites (tertiary alicyclic amines) is 1. The van der Waals surface area contributed by atoms with Crippen molar-refractivity contribution in [2.24, 2.45) is 5.92 Å². The van der Waals surface area contributed by atoms with Crippen molar-refractivity contribution in [1.29, 1.82) is 0 Å². The average molecular weight is 297 g/mol. The summed E-state index contributed by atoms with van der Waals surface area (Å²) in [7, 11) is 2.05. The number of benzene rings is 1. The van der Waals surface area contributed by atoms with Gasteiger partial charge in [0.05, 0.1) is 5.52 Å². The Bertz CT molecular complexity index is 615. The van der Waals surface area contributed by atoms with Crippen LogP contribution < -0.4 is 5.32 Å². The third kappa shape index (κ3) is 3.65. The van der Waals surface area contributed by atoms with Gasteiger partial charge in [-0.2, -0.15) is 0 Å². The first-order valence-corrected chi connectivity index (χ1v) is 8.48. The molecule has 0 amide bonds. The molecule has 0 atom stereocenters. The van der Waals surface area contributed by atoms with Gasteiger partial charge in [0.25, 0.3) is 0 Å². The van der Waals surface area contributed by atoms with E-state index in [9.17, 15) is 0 Å². The van der Waals surface area contributed by atoms with Gasteiger partial charge >= 0.3 is 0 Å². The van der Waals surface area contributed by atoms with Crippen molar-refractivity contribution in [3.63, 3.8) is 0 Å². The fraction of sp³-hybridized carbons (Fsp3) is 0.526. The normalized spacial score (nSPS) is 17.2. The summed E-state index contributed by atoms with van der Waals surface area (Å²) in [5.41, 5.74) is 3.68. The molecule has 3 heteroatoms. The second-order valence-corrected chi connectivity index (χ2v) is 6.55. The van der Waals surface area contributed by atoms with E-state index >= 15 is 0 Å². The van der Waals surface area contributed by atoms with Crippen molar-refractivity contribution in [1.82, 2.24) is 15.2 Å². The van der Waals surface area contributed by atoms with Crippen LogP contribution in [0.3, 0.4) is 0 Å². The molecule has 1 N–H and O–H groups in total. The van der Waals surface area contributed by atoms with Gasteiger partial charge in [0.15, 0.2) is 0 Å². The molecule has 1 aliphatic heterocycles. The van der Waals surface area contributed by atoms with Gasteiger partial charge in [0.1, 0.15) is 0 Å². The molecular weight excluding hydrogens is 270 g/mol. The molecule has 1 fully saturated rings. The summed E-state index contributed by atoms with van der Waals surface area (Å²) in [5, 5.41) is 4.58. The Morgan fingerprint density at radius 2 is 2.00 bits per heavy atom. The van der Waals surface area contributed by atoms with Crippen molar-refractivity contribution < 1.29 is 0 Å². The lowest BCUT2D eigenvalue weighted by molar-refractivity contribution is 0.173. The lowest BCUT2D eigenvalue weighted by Gasteiger charge is -2.32. The van der Waals surface area contributed by atoms with Crippen LogP contribution in [0.1, 0.15) is 30.5 Å². The SMILES string of the molecule is CNCCC1CCN(Cc2cc(C)nc3ccccc23)CC1. The van der Waals surface area contributed by atoms with Crippen molar-refractivity contribution in [3.05, 3.63) is 41.6 Å². The number of para-hydroxylation sites is 1. The van der Waals surface area contributed by atoms with Crippen molar-refractivity contribution in [2.75, 3.05) is 26.7 Å². The Kier molecular flexibility index (Phi) is 5.06.